The Labute approximate surface area is 196 Å². The number of hydrogen-bond acceptors (Lipinski definition) is 5. The minimum Gasteiger partial charge on any atom is -0.444 e. The zero-order valence-corrected chi connectivity index (χ0v) is 22.1. The molecule has 2 heterocycles. The number of aliphatic hydroxyl groups is 1. The molecule has 0 radical (unpaired) electrons. The Morgan fingerprint density at radius 2 is 1.23 bits per heavy atom. The van der Waals surface area contributed by atoms with Crippen molar-refractivity contribution in [3.63, 3.8) is 0 Å². The van der Waals surface area contributed by atoms with Crippen molar-refractivity contribution in [3.05, 3.63) is 0 Å². The number of hydrogen-bond donors (Lipinski definition) is 1. The van der Waals surface area contributed by atoms with Crippen molar-refractivity contribution >= 4 is 34.8 Å². The lowest BCUT2D eigenvalue weighted by Crippen LogP contribution is -2.47. The number of amides is 2. The van der Waals surface area contributed by atoms with E-state index in [1.54, 1.807) is 4.90 Å². The van der Waals surface area contributed by atoms with Crippen LogP contribution in [0.1, 0.15) is 81.1 Å². The van der Waals surface area contributed by atoms with Gasteiger partial charge in [0.15, 0.2) is 0 Å². The maximum absolute atomic E-state index is 11.8. The fourth-order valence-electron chi connectivity index (χ4n) is 3.45. The van der Waals surface area contributed by atoms with Crippen LogP contribution in [0.4, 0.5) is 9.59 Å². The van der Waals surface area contributed by atoms with Gasteiger partial charge in [-0.1, -0.05) is 22.6 Å². The first kappa shape index (κ1) is 27.3. The molecule has 30 heavy (non-hydrogen) atoms. The molecule has 0 aromatic heterocycles. The monoisotopic (exact) mass is 540 g/mol. The topological polar surface area (TPSA) is 79.3 Å². The van der Waals surface area contributed by atoms with Crippen LogP contribution in [0.3, 0.4) is 0 Å². The van der Waals surface area contributed by atoms with Crippen molar-refractivity contribution in [2.75, 3.05) is 13.1 Å². The Kier molecular flexibility index (Phi) is 10.2. The SMILES string of the molecule is C[C@@H]1CC(I)CCN1C(=O)OC(C)(C)C.C[C@@H]1CC(O)CCN1C(=O)OC(C)(C)C. The number of aliphatic hydroxyl groups excluding tert-OH is 1. The highest BCUT2D eigenvalue weighted by atomic mass is 127. The van der Waals surface area contributed by atoms with E-state index < -0.39 is 11.2 Å². The van der Waals surface area contributed by atoms with E-state index in [0.717, 1.165) is 19.4 Å². The Morgan fingerprint density at radius 1 is 0.833 bits per heavy atom. The Balaban J connectivity index is 0.000000300. The zero-order chi connectivity index (χ0) is 23.3. The van der Waals surface area contributed by atoms with Gasteiger partial charge in [0, 0.05) is 29.1 Å². The average molecular weight is 540 g/mol. The molecule has 2 aliphatic heterocycles. The molecule has 0 aromatic carbocycles. The van der Waals surface area contributed by atoms with Crippen molar-refractivity contribution in [1.29, 1.82) is 0 Å². The van der Waals surface area contributed by atoms with E-state index in [-0.39, 0.29) is 24.3 Å². The van der Waals surface area contributed by atoms with Gasteiger partial charge in [-0.15, -0.1) is 0 Å². The molecule has 2 rings (SSSR count). The smallest absolute Gasteiger partial charge is 0.410 e. The number of nitrogens with zero attached hydrogens (tertiary/aromatic N) is 2. The summed E-state index contributed by atoms with van der Waals surface area (Å²) in [6.07, 6.45) is 2.70. The van der Waals surface area contributed by atoms with Gasteiger partial charge >= 0.3 is 12.2 Å². The highest BCUT2D eigenvalue weighted by Gasteiger charge is 2.31. The number of rotatable bonds is 0. The maximum atomic E-state index is 11.8. The van der Waals surface area contributed by atoms with E-state index >= 15 is 0 Å². The fourth-order valence-corrected chi connectivity index (χ4v) is 4.46. The van der Waals surface area contributed by atoms with Crippen molar-refractivity contribution in [2.24, 2.45) is 0 Å². The molecule has 0 aromatic rings. The lowest BCUT2D eigenvalue weighted by atomic mass is 10.0. The molecule has 0 bridgehead atoms. The van der Waals surface area contributed by atoms with Crippen molar-refractivity contribution in [3.8, 4) is 0 Å². The van der Waals surface area contributed by atoms with Gasteiger partial charge in [-0.05, 0) is 81.1 Å². The second kappa shape index (κ2) is 11.2. The van der Waals surface area contributed by atoms with Gasteiger partial charge in [-0.2, -0.15) is 0 Å². The highest BCUT2D eigenvalue weighted by Crippen LogP contribution is 2.25. The summed E-state index contributed by atoms with van der Waals surface area (Å²) in [6, 6.07) is 0.360. The van der Waals surface area contributed by atoms with Crippen LogP contribution in [-0.2, 0) is 9.47 Å². The van der Waals surface area contributed by atoms with Crippen LogP contribution in [0.15, 0.2) is 0 Å². The molecule has 4 atom stereocenters. The molecule has 0 saturated carbocycles. The molecule has 1 N–H and O–H groups in total. The molecule has 2 saturated heterocycles. The van der Waals surface area contributed by atoms with Gasteiger partial charge in [0.25, 0.3) is 0 Å². The number of alkyl halides is 1. The molecule has 0 spiro atoms. The molecule has 2 unspecified atom stereocenters. The van der Waals surface area contributed by atoms with E-state index in [1.807, 2.05) is 53.4 Å². The summed E-state index contributed by atoms with van der Waals surface area (Å²) in [4.78, 5) is 27.1. The summed E-state index contributed by atoms with van der Waals surface area (Å²) in [7, 11) is 0. The van der Waals surface area contributed by atoms with Gasteiger partial charge in [0.2, 0.25) is 0 Å². The summed E-state index contributed by atoms with van der Waals surface area (Å²) in [6.45, 7) is 16.7. The van der Waals surface area contributed by atoms with Gasteiger partial charge in [-0.3, -0.25) is 0 Å². The zero-order valence-electron chi connectivity index (χ0n) is 19.9. The molecule has 2 amide bonds. The second-order valence-electron chi connectivity index (χ2n) is 10.3. The Hall–Kier alpha value is -0.770. The van der Waals surface area contributed by atoms with Crippen LogP contribution in [0.2, 0.25) is 0 Å². The quantitative estimate of drug-likeness (QED) is 0.347. The predicted molar refractivity (Wildman–Crippen MR) is 127 cm³/mol. The number of piperidine rings is 2. The Morgan fingerprint density at radius 3 is 1.60 bits per heavy atom. The third kappa shape index (κ3) is 10.0. The summed E-state index contributed by atoms with van der Waals surface area (Å²) in [5.74, 6) is 0. The minimum atomic E-state index is -0.452. The number of halogens is 1. The van der Waals surface area contributed by atoms with Crippen LogP contribution in [0, 0.1) is 0 Å². The molecular weight excluding hydrogens is 499 g/mol. The summed E-state index contributed by atoms with van der Waals surface area (Å²) < 4.78 is 11.3. The van der Waals surface area contributed by atoms with Crippen molar-refractivity contribution in [2.45, 2.75) is 114 Å². The second-order valence-corrected chi connectivity index (χ2v) is 12.1. The largest absolute Gasteiger partial charge is 0.444 e. The minimum absolute atomic E-state index is 0.0589. The first-order valence-electron chi connectivity index (χ1n) is 10.9. The third-order valence-corrected chi connectivity index (χ3v) is 6.05. The molecular formula is C22H41IN2O5. The highest BCUT2D eigenvalue weighted by molar-refractivity contribution is 14.1. The van der Waals surface area contributed by atoms with Crippen molar-refractivity contribution < 1.29 is 24.2 Å². The first-order chi connectivity index (χ1) is 13.6. The van der Waals surface area contributed by atoms with Crippen LogP contribution in [-0.4, -0.2) is 73.5 Å². The van der Waals surface area contributed by atoms with E-state index in [0.29, 0.717) is 29.4 Å². The van der Waals surface area contributed by atoms with E-state index in [9.17, 15) is 14.7 Å². The summed E-state index contributed by atoms with van der Waals surface area (Å²) in [5.41, 5.74) is -0.842. The first-order valence-corrected chi connectivity index (χ1v) is 12.1. The van der Waals surface area contributed by atoms with Crippen LogP contribution in [0.5, 0.6) is 0 Å². The van der Waals surface area contributed by atoms with Gasteiger partial charge in [-0.25, -0.2) is 9.59 Å². The van der Waals surface area contributed by atoms with Gasteiger partial charge in [0.05, 0.1) is 6.10 Å². The number of likely N-dealkylation sites (tertiary alicyclic amines) is 2. The predicted octanol–water partition coefficient (Wildman–Crippen LogP) is 4.98. The Bertz CT molecular complexity index is 523. The number of carbonyl (C=O) groups is 2. The average Bonchev–Trinajstić information content (AvgIpc) is 2.51. The maximum Gasteiger partial charge on any atom is 0.410 e. The normalized spacial score (nSPS) is 27.7. The molecule has 0 aliphatic carbocycles. The molecule has 2 aliphatic rings. The van der Waals surface area contributed by atoms with Crippen LogP contribution < -0.4 is 0 Å². The standard InChI is InChI=1S/C11H20INO2.C11H21NO3/c1-8-7-9(12)5-6-13(8)10(14)15-11(2,3)4;1-8-7-9(13)5-6-12(8)10(14)15-11(2,3)4/h8-9H,5-7H2,1-4H3;8-9,13H,5-7H2,1-4H3/t2*8-,9?/m11/s1. The van der Waals surface area contributed by atoms with E-state index in [1.165, 1.54) is 0 Å². The molecule has 7 nitrogen and oxygen atoms in total. The summed E-state index contributed by atoms with van der Waals surface area (Å²) >= 11 is 2.45. The molecule has 2 fully saturated rings. The lowest BCUT2D eigenvalue weighted by molar-refractivity contribution is -0.00465. The van der Waals surface area contributed by atoms with Crippen molar-refractivity contribution in [1.82, 2.24) is 9.80 Å². The number of ether oxygens (including phenoxy) is 2. The third-order valence-electron chi connectivity index (χ3n) is 4.92. The number of carbonyl (C=O) groups excluding carboxylic acids is 2. The lowest BCUT2D eigenvalue weighted by Gasteiger charge is -2.36. The van der Waals surface area contributed by atoms with E-state index in [4.69, 9.17) is 9.47 Å². The molecule has 8 heteroatoms. The fraction of sp³-hybridized carbons (Fsp3) is 0.909. The summed E-state index contributed by atoms with van der Waals surface area (Å²) in [5, 5.41) is 9.43. The van der Waals surface area contributed by atoms with E-state index in [2.05, 4.69) is 29.5 Å². The van der Waals surface area contributed by atoms with Crippen LogP contribution >= 0.6 is 22.6 Å². The van der Waals surface area contributed by atoms with Gasteiger partial charge < -0.3 is 24.4 Å². The van der Waals surface area contributed by atoms with Crippen LogP contribution in [0.25, 0.3) is 0 Å². The van der Waals surface area contributed by atoms with Gasteiger partial charge in [0.1, 0.15) is 11.2 Å². The molecule has 176 valence electrons.